The fourth-order valence-electron chi connectivity index (χ4n) is 1.79. The summed E-state index contributed by atoms with van der Waals surface area (Å²) in [5.74, 6) is 1.72. The summed E-state index contributed by atoms with van der Waals surface area (Å²) in [5.41, 5.74) is 0. The third-order valence-corrected chi connectivity index (χ3v) is 3.47. The van der Waals surface area contributed by atoms with Crippen LogP contribution in [0.4, 0.5) is 4.79 Å². The third-order valence-electron chi connectivity index (χ3n) is 2.67. The van der Waals surface area contributed by atoms with Crippen LogP contribution in [0, 0.1) is 5.92 Å². The van der Waals surface area contributed by atoms with Gasteiger partial charge in [0.15, 0.2) is 0 Å². The standard InChI is InChI=1S/C10H19N3O2S/c1-11-10(15)12-5-9(14)13-4-3-8(6-13)7-16-2/h8H,3-7H2,1-2H3,(H2,11,12,15). The van der Waals surface area contributed by atoms with E-state index in [1.54, 1.807) is 0 Å². The molecule has 0 aliphatic carbocycles. The molecule has 0 aromatic carbocycles. The highest BCUT2D eigenvalue weighted by atomic mass is 32.2. The lowest BCUT2D eigenvalue weighted by Gasteiger charge is -2.16. The molecule has 0 spiro atoms. The molecular weight excluding hydrogens is 226 g/mol. The molecule has 5 nitrogen and oxygen atoms in total. The molecule has 1 fully saturated rings. The Morgan fingerprint density at radius 2 is 2.25 bits per heavy atom. The quantitative estimate of drug-likeness (QED) is 0.740. The van der Waals surface area contributed by atoms with Crippen molar-refractivity contribution in [2.45, 2.75) is 6.42 Å². The van der Waals surface area contributed by atoms with Crippen LogP contribution in [-0.2, 0) is 4.79 Å². The maximum Gasteiger partial charge on any atom is 0.314 e. The van der Waals surface area contributed by atoms with Crippen LogP contribution in [0.5, 0.6) is 0 Å². The van der Waals surface area contributed by atoms with E-state index in [1.807, 2.05) is 16.7 Å². The number of hydrogen-bond acceptors (Lipinski definition) is 3. The number of hydrogen-bond donors (Lipinski definition) is 2. The van der Waals surface area contributed by atoms with Gasteiger partial charge in [0, 0.05) is 20.1 Å². The van der Waals surface area contributed by atoms with E-state index in [-0.39, 0.29) is 18.5 Å². The third kappa shape index (κ3) is 3.92. The van der Waals surface area contributed by atoms with Gasteiger partial charge in [-0.2, -0.15) is 11.8 Å². The SMILES string of the molecule is CNC(=O)NCC(=O)N1CCC(CSC)C1. The monoisotopic (exact) mass is 245 g/mol. The van der Waals surface area contributed by atoms with Crippen molar-refractivity contribution < 1.29 is 9.59 Å². The van der Waals surface area contributed by atoms with Crippen LogP contribution >= 0.6 is 11.8 Å². The highest BCUT2D eigenvalue weighted by molar-refractivity contribution is 7.98. The Morgan fingerprint density at radius 3 is 2.88 bits per heavy atom. The molecule has 1 aliphatic heterocycles. The van der Waals surface area contributed by atoms with E-state index in [0.29, 0.717) is 5.92 Å². The number of amides is 3. The van der Waals surface area contributed by atoms with Crippen LogP contribution in [0.2, 0.25) is 0 Å². The van der Waals surface area contributed by atoms with Gasteiger partial charge in [-0.3, -0.25) is 4.79 Å². The molecule has 0 radical (unpaired) electrons. The normalized spacial score (nSPS) is 19.6. The molecular formula is C10H19N3O2S. The number of nitrogens with zero attached hydrogens (tertiary/aromatic N) is 1. The molecule has 0 aromatic rings. The second kappa shape index (κ2) is 6.62. The zero-order valence-corrected chi connectivity index (χ0v) is 10.6. The van der Waals surface area contributed by atoms with E-state index >= 15 is 0 Å². The predicted molar refractivity (Wildman–Crippen MR) is 65.5 cm³/mol. The maximum absolute atomic E-state index is 11.7. The minimum atomic E-state index is -0.312. The molecule has 6 heteroatoms. The lowest BCUT2D eigenvalue weighted by Crippen LogP contribution is -2.42. The van der Waals surface area contributed by atoms with Crippen molar-refractivity contribution in [2.24, 2.45) is 5.92 Å². The van der Waals surface area contributed by atoms with Crippen molar-refractivity contribution >= 4 is 23.7 Å². The van der Waals surface area contributed by atoms with Crippen LogP contribution < -0.4 is 10.6 Å². The molecule has 92 valence electrons. The van der Waals surface area contributed by atoms with Gasteiger partial charge in [-0.05, 0) is 24.3 Å². The first-order chi connectivity index (χ1) is 7.67. The molecule has 3 amide bonds. The number of nitrogens with one attached hydrogen (secondary N) is 2. The van der Waals surface area contributed by atoms with E-state index in [9.17, 15) is 9.59 Å². The number of urea groups is 1. The fraction of sp³-hybridized carbons (Fsp3) is 0.800. The first-order valence-corrected chi connectivity index (χ1v) is 6.79. The average Bonchev–Trinajstić information content (AvgIpc) is 2.74. The van der Waals surface area contributed by atoms with Crippen molar-refractivity contribution in [1.29, 1.82) is 0 Å². The zero-order valence-electron chi connectivity index (χ0n) is 9.78. The summed E-state index contributed by atoms with van der Waals surface area (Å²) in [6, 6.07) is -0.312. The van der Waals surface area contributed by atoms with Crippen LogP contribution in [0.1, 0.15) is 6.42 Å². The molecule has 1 rings (SSSR count). The van der Waals surface area contributed by atoms with Gasteiger partial charge in [-0.1, -0.05) is 0 Å². The van der Waals surface area contributed by atoms with Crippen molar-refractivity contribution in [1.82, 2.24) is 15.5 Å². The van der Waals surface area contributed by atoms with E-state index in [0.717, 1.165) is 25.3 Å². The van der Waals surface area contributed by atoms with Crippen LogP contribution in [0.25, 0.3) is 0 Å². The van der Waals surface area contributed by atoms with E-state index in [2.05, 4.69) is 16.9 Å². The molecule has 1 saturated heterocycles. The van der Waals surface area contributed by atoms with Gasteiger partial charge in [-0.15, -0.1) is 0 Å². The highest BCUT2D eigenvalue weighted by Gasteiger charge is 2.25. The van der Waals surface area contributed by atoms with Gasteiger partial charge in [0.05, 0.1) is 6.54 Å². The summed E-state index contributed by atoms with van der Waals surface area (Å²) in [4.78, 5) is 24.4. The summed E-state index contributed by atoms with van der Waals surface area (Å²) < 4.78 is 0. The van der Waals surface area contributed by atoms with Crippen molar-refractivity contribution in [3.05, 3.63) is 0 Å². The molecule has 0 aromatic heterocycles. The first kappa shape index (κ1) is 13.2. The van der Waals surface area contributed by atoms with E-state index < -0.39 is 0 Å². The predicted octanol–water partition coefficient (Wildman–Crippen LogP) is 0.127. The Morgan fingerprint density at radius 1 is 1.50 bits per heavy atom. The van der Waals surface area contributed by atoms with Gasteiger partial charge in [0.25, 0.3) is 0 Å². The van der Waals surface area contributed by atoms with Crippen LogP contribution in [-0.4, -0.2) is 55.5 Å². The Labute approximate surface area is 100 Å². The minimum Gasteiger partial charge on any atom is -0.341 e. The lowest BCUT2D eigenvalue weighted by atomic mass is 10.2. The summed E-state index contributed by atoms with van der Waals surface area (Å²) in [6.45, 7) is 1.74. The number of thioether (sulfide) groups is 1. The molecule has 1 unspecified atom stereocenters. The Hall–Kier alpha value is -0.910. The summed E-state index contributed by atoms with van der Waals surface area (Å²) in [6.07, 6.45) is 3.16. The highest BCUT2D eigenvalue weighted by Crippen LogP contribution is 2.19. The Kier molecular flexibility index (Phi) is 5.45. The smallest absolute Gasteiger partial charge is 0.314 e. The van der Waals surface area contributed by atoms with Gasteiger partial charge in [0.2, 0.25) is 5.91 Å². The van der Waals surface area contributed by atoms with Crippen LogP contribution in [0.15, 0.2) is 0 Å². The maximum atomic E-state index is 11.7. The minimum absolute atomic E-state index is 0.00667. The molecule has 0 saturated carbocycles. The molecule has 0 bridgehead atoms. The molecule has 2 N–H and O–H groups in total. The molecule has 16 heavy (non-hydrogen) atoms. The second-order valence-corrected chi connectivity index (χ2v) is 4.79. The molecule has 1 heterocycles. The summed E-state index contributed by atoms with van der Waals surface area (Å²) >= 11 is 1.82. The summed E-state index contributed by atoms with van der Waals surface area (Å²) in [7, 11) is 1.53. The Balaban J connectivity index is 2.25. The van der Waals surface area contributed by atoms with Gasteiger partial charge in [0.1, 0.15) is 0 Å². The number of likely N-dealkylation sites (tertiary alicyclic amines) is 1. The van der Waals surface area contributed by atoms with Gasteiger partial charge in [-0.25, -0.2) is 4.79 Å². The molecule has 1 atom stereocenters. The number of carbonyl (C=O) groups excluding carboxylic acids is 2. The molecule has 1 aliphatic rings. The van der Waals surface area contributed by atoms with Gasteiger partial charge < -0.3 is 15.5 Å². The summed E-state index contributed by atoms with van der Waals surface area (Å²) in [5, 5.41) is 4.93. The van der Waals surface area contributed by atoms with E-state index in [1.165, 1.54) is 7.05 Å². The second-order valence-electron chi connectivity index (χ2n) is 3.88. The first-order valence-electron chi connectivity index (χ1n) is 5.39. The fourth-order valence-corrected chi connectivity index (χ4v) is 2.53. The van der Waals surface area contributed by atoms with Crippen molar-refractivity contribution in [2.75, 3.05) is 38.7 Å². The average molecular weight is 245 g/mol. The number of rotatable bonds is 4. The Bertz CT molecular complexity index is 260. The topological polar surface area (TPSA) is 61.4 Å². The largest absolute Gasteiger partial charge is 0.341 e. The zero-order chi connectivity index (χ0) is 12.0. The van der Waals surface area contributed by atoms with Gasteiger partial charge >= 0.3 is 6.03 Å². The van der Waals surface area contributed by atoms with Crippen molar-refractivity contribution in [3.63, 3.8) is 0 Å². The lowest BCUT2D eigenvalue weighted by molar-refractivity contribution is -0.129. The van der Waals surface area contributed by atoms with E-state index in [4.69, 9.17) is 0 Å². The van der Waals surface area contributed by atoms with Crippen molar-refractivity contribution in [3.8, 4) is 0 Å². The van der Waals surface area contributed by atoms with Crippen LogP contribution in [0.3, 0.4) is 0 Å². The number of carbonyl (C=O) groups is 2.